The Morgan fingerprint density at radius 1 is 1.75 bits per heavy atom. The predicted octanol–water partition coefficient (Wildman–Crippen LogP) is -0.397. The Labute approximate surface area is 91.9 Å². The molecule has 1 aromatic rings. The topological polar surface area (TPSA) is 86.3 Å². The highest BCUT2D eigenvalue weighted by Gasteiger charge is 2.11. The summed E-state index contributed by atoms with van der Waals surface area (Å²) in [7, 11) is 0. The molecule has 84 valence electrons. The molecule has 0 fully saturated rings. The number of rotatable bonds is 4. The van der Waals surface area contributed by atoms with E-state index < -0.39 is 5.97 Å². The maximum absolute atomic E-state index is 11.2. The highest BCUT2D eigenvalue weighted by atomic mass is 16.4. The summed E-state index contributed by atoms with van der Waals surface area (Å²) in [5.74, 6) is 1.97. The van der Waals surface area contributed by atoms with Crippen molar-refractivity contribution in [1.29, 1.82) is 0 Å². The molecule has 1 rings (SSSR count). The van der Waals surface area contributed by atoms with E-state index in [1.165, 1.54) is 11.0 Å². The molecule has 0 amide bonds. The van der Waals surface area contributed by atoms with Gasteiger partial charge in [0.1, 0.15) is 18.2 Å². The van der Waals surface area contributed by atoms with Crippen LogP contribution < -0.4 is 10.5 Å². The zero-order chi connectivity index (χ0) is 12.1. The van der Waals surface area contributed by atoms with Crippen molar-refractivity contribution in [3.05, 3.63) is 22.2 Å². The average molecular weight is 221 g/mol. The standard InChI is InChI=1S/C10H11N3O3/c1-3-4-13(6-10(15)16)8-5-9(14)12-7(2)11-8/h1,5H,4,6H2,2H3,(H,15,16)(H,11,12,14). The van der Waals surface area contributed by atoms with Gasteiger partial charge in [0.25, 0.3) is 5.56 Å². The molecule has 0 saturated heterocycles. The maximum Gasteiger partial charge on any atom is 0.323 e. The van der Waals surface area contributed by atoms with Gasteiger partial charge in [-0.3, -0.25) is 9.59 Å². The molecule has 2 N–H and O–H groups in total. The maximum atomic E-state index is 11.2. The smallest absolute Gasteiger partial charge is 0.323 e. The number of aromatic nitrogens is 2. The lowest BCUT2D eigenvalue weighted by Gasteiger charge is -2.18. The monoisotopic (exact) mass is 221 g/mol. The molecule has 0 unspecified atom stereocenters. The van der Waals surface area contributed by atoms with Gasteiger partial charge in [-0.15, -0.1) is 6.42 Å². The highest BCUT2D eigenvalue weighted by Crippen LogP contribution is 2.06. The largest absolute Gasteiger partial charge is 0.480 e. The number of carbonyl (C=O) groups is 1. The van der Waals surface area contributed by atoms with Gasteiger partial charge in [-0.25, -0.2) is 4.98 Å². The molecule has 0 spiro atoms. The van der Waals surface area contributed by atoms with Crippen LogP contribution in [0, 0.1) is 19.3 Å². The van der Waals surface area contributed by atoms with Crippen LogP contribution in [0.1, 0.15) is 5.82 Å². The van der Waals surface area contributed by atoms with Gasteiger partial charge in [-0.1, -0.05) is 5.92 Å². The molecule has 0 aliphatic rings. The summed E-state index contributed by atoms with van der Waals surface area (Å²) in [4.78, 5) is 29.6. The Balaban J connectivity index is 3.05. The fourth-order valence-electron chi connectivity index (χ4n) is 1.22. The van der Waals surface area contributed by atoms with Crippen molar-refractivity contribution in [1.82, 2.24) is 9.97 Å². The van der Waals surface area contributed by atoms with Gasteiger partial charge >= 0.3 is 5.97 Å². The lowest BCUT2D eigenvalue weighted by molar-refractivity contribution is -0.135. The van der Waals surface area contributed by atoms with Crippen LogP contribution in [-0.4, -0.2) is 34.1 Å². The minimum absolute atomic E-state index is 0.0855. The summed E-state index contributed by atoms with van der Waals surface area (Å²) >= 11 is 0. The first-order valence-corrected chi connectivity index (χ1v) is 4.51. The fraction of sp³-hybridized carbons (Fsp3) is 0.300. The van der Waals surface area contributed by atoms with Crippen LogP contribution in [0.4, 0.5) is 5.82 Å². The lowest BCUT2D eigenvalue weighted by atomic mass is 10.4. The van der Waals surface area contributed by atoms with E-state index in [1.807, 2.05) is 0 Å². The van der Waals surface area contributed by atoms with E-state index >= 15 is 0 Å². The molecule has 0 saturated carbocycles. The number of terminal acetylenes is 1. The molecule has 0 aliphatic heterocycles. The van der Waals surface area contributed by atoms with E-state index in [9.17, 15) is 9.59 Å². The molecule has 1 heterocycles. The highest BCUT2D eigenvalue weighted by molar-refractivity contribution is 5.73. The molecular formula is C10H11N3O3. The number of carboxylic acid groups (broad SMARTS) is 1. The number of anilines is 1. The van der Waals surface area contributed by atoms with E-state index in [4.69, 9.17) is 11.5 Å². The SMILES string of the molecule is C#CCN(CC(=O)O)c1cc(=O)[nH]c(C)n1. The third-order valence-corrected chi connectivity index (χ3v) is 1.78. The molecule has 6 heteroatoms. The molecule has 0 atom stereocenters. The Hall–Kier alpha value is -2.29. The first kappa shape index (κ1) is 11.8. The quantitative estimate of drug-likeness (QED) is 0.676. The third-order valence-electron chi connectivity index (χ3n) is 1.78. The number of aliphatic carboxylic acids is 1. The van der Waals surface area contributed by atoms with Crippen LogP contribution in [0.25, 0.3) is 0 Å². The van der Waals surface area contributed by atoms with Crippen molar-refractivity contribution in [2.24, 2.45) is 0 Å². The van der Waals surface area contributed by atoms with Crippen LogP contribution in [0.3, 0.4) is 0 Å². The van der Waals surface area contributed by atoms with Gasteiger partial charge in [0.05, 0.1) is 6.54 Å². The third kappa shape index (κ3) is 3.13. The van der Waals surface area contributed by atoms with Crippen LogP contribution in [0.5, 0.6) is 0 Å². The van der Waals surface area contributed by atoms with Gasteiger partial charge < -0.3 is 15.0 Å². The average Bonchev–Trinajstić information content (AvgIpc) is 2.14. The normalized spacial score (nSPS) is 9.50. The molecular weight excluding hydrogens is 210 g/mol. The number of hydrogen-bond acceptors (Lipinski definition) is 4. The van der Waals surface area contributed by atoms with Crippen molar-refractivity contribution in [3.8, 4) is 12.3 Å². The van der Waals surface area contributed by atoms with Crippen LogP contribution in [0.15, 0.2) is 10.9 Å². The minimum Gasteiger partial charge on any atom is -0.480 e. The van der Waals surface area contributed by atoms with Gasteiger partial charge in [-0.05, 0) is 6.92 Å². The van der Waals surface area contributed by atoms with E-state index in [-0.39, 0.29) is 24.5 Å². The molecule has 1 aromatic heterocycles. The van der Waals surface area contributed by atoms with Crippen molar-refractivity contribution < 1.29 is 9.90 Å². The molecule has 0 aromatic carbocycles. The number of aryl methyl sites for hydroxylation is 1. The van der Waals surface area contributed by atoms with Crippen molar-refractivity contribution in [3.63, 3.8) is 0 Å². The summed E-state index contributed by atoms with van der Waals surface area (Å²) in [6, 6.07) is 1.22. The van der Waals surface area contributed by atoms with Crippen molar-refractivity contribution in [2.75, 3.05) is 18.0 Å². The first-order valence-electron chi connectivity index (χ1n) is 4.51. The van der Waals surface area contributed by atoms with Gasteiger partial charge in [-0.2, -0.15) is 0 Å². The van der Waals surface area contributed by atoms with Gasteiger partial charge in [0.15, 0.2) is 0 Å². The molecule has 16 heavy (non-hydrogen) atoms. The number of hydrogen-bond donors (Lipinski definition) is 2. The van der Waals surface area contributed by atoms with Crippen molar-refractivity contribution in [2.45, 2.75) is 6.92 Å². The summed E-state index contributed by atoms with van der Waals surface area (Å²) in [6.07, 6.45) is 5.12. The van der Waals surface area contributed by atoms with Crippen LogP contribution in [0.2, 0.25) is 0 Å². The summed E-state index contributed by atoms with van der Waals surface area (Å²) in [5, 5.41) is 8.69. The second kappa shape index (κ2) is 4.98. The summed E-state index contributed by atoms with van der Waals surface area (Å²) in [6.45, 7) is 1.40. The van der Waals surface area contributed by atoms with Crippen molar-refractivity contribution >= 4 is 11.8 Å². The summed E-state index contributed by atoms with van der Waals surface area (Å²) in [5.41, 5.74) is -0.338. The van der Waals surface area contributed by atoms with E-state index in [0.717, 1.165) is 0 Å². The molecule has 6 nitrogen and oxygen atoms in total. The Bertz CT molecular complexity index is 487. The number of aromatic amines is 1. The number of nitrogens with one attached hydrogen (secondary N) is 1. The van der Waals surface area contributed by atoms with E-state index in [2.05, 4.69) is 15.9 Å². The zero-order valence-electron chi connectivity index (χ0n) is 8.73. The number of carboxylic acids is 1. The van der Waals surface area contributed by atoms with E-state index in [1.54, 1.807) is 6.92 Å². The molecule has 0 radical (unpaired) electrons. The van der Waals surface area contributed by atoms with E-state index in [0.29, 0.717) is 5.82 Å². The minimum atomic E-state index is -1.03. The molecule has 0 bridgehead atoms. The first-order chi connectivity index (χ1) is 7.52. The lowest BCUT2D eigenvalue weighted by Crippen LogP contribution is -2.32. The van der Waals surface area contributed by atoms with Gasteiger partial charge in [0.2, 0.25) is 0 Å². The van der Waals surface area contributed by atoms with Crippen LogP contribution in [-0.2, 0) is 4.79 Å². The second-order valence-electron chi connectivity index (χ2n) is 3.14. The Morgan fingerprint density at radius 2 is 2.44 bits per heavy atom. The summed E-state index contributed by atoms with van der Waals surface area (Å²) < 4.78 is 0. The predicted molar refractivity (Wildman–Crippen MR) is 58.3 cm³/mol. The van der Waals surface area contributed by atoms with Gasteiger partial charge in [0, 0.05) is 6.07 Å². The Kier molecular flexibility index (Phi) is 3.67. The molecule has 0 aliphatic carbocycles. The Morgan fingerprint density at radius 3 is 2.94 bits per heavy atom. The fourth-order valence-corrected chi connectivity index (χ4v) is 1.22. The number of nitrogens with zero attached hydrogens (tertiary/aromatic N) is 2. The van der Waals surface area contributed by atoms with Crippen LogP contribution >= 0.6 is 0 Å². The zero-order valence-corrected chi connectivity index (χ0v) is 8.73. The second-order valence-corrected chi connectivity index (χ2v) is 3.14. The number of H-pyrrole nitrogens is 1.